The van der Waals surface area contributed by atoms with Gasteiger partial charge in [-0.2, -0.15) is 0 Å². The molecule has 4 rings (SSSR count). The average molecular weight is 452 g/mol. The van der Waals surface area contributed by atoms with Gasteiger partial charge < -0.3 is 19.5 Å². The van der Waals surface area contributed by atoms with E-state index in [-0.39, 0.29) is 24.2 Å². The Kier molecular flexibility index (Phi) is 6.91. The second-order valence-corrected chi connectivity index (χ2v) is 8.55. The Balaban J connectivity index is 1.59. The lowest BCUT2D eigenvalue weighted by Gasteiger charge is -2.39. The van der Waals surface area contributed by atoms with Crippen LogP contribution >= 0.6 is 0 Å². The number of carbonyl (C=O) groups is 2. The molecule has 0 radical (unpaired) electrons. The van der Waals surface area contributed by atoms with Gasteiger partial charge in [-0.1, -0.05) is 0 Å². The summed E-state index contributed by atoms with van der Waals surface area (Å²) in [5.74, 6) is 0.424. The summed E-state index contributed by atoms with van der Waals surface area (Å²) in [5, 5.41) is 9.48. The van der Waals surface area contributed by atoms with Gasteiger partial charge in [-0.3, -0.25) is 19.6 Å². The van der Waals surface area contributed by atoms with Gasteiger partial charge in [0.2, 0.25) is 0 Å². The molecule has 1 N–H and O–H groups in total. The largest absolute Gasteiger partial charge is 0.493 e. The molecular formula is C25H29N3O5. The van der Waals surface area contributed by atoms with Crippen molar-refractivity contribution in [3.63, 3.8) is 0 Å². The van der Waals surface area contributed by atoms with Gasteiger partial charge in [0, 0.05) is 49.7 Å². The van der Waals surface area contributed by atoms with Gasteiger partial charge in [0.05, 0.1) is 19.8 Å². The number of aliphatic imine (C=N–C) groups is 1. The Morgan fingerprint density at radius 1 is 1.18 bits per heavy atom. The van der Waals surface area contributed by atoms with Gasteiger partial charge in [-0.25, -0.2) is 0 Å². The van der Waals surface area contributed by atoms with E-state index >= 15 is 0 Å². The highest BCUT2D eigenvalue weighted by molar-refractivity contribution is 6.03. The van der Waals surface area contributed by atoms with E-state index < -0.39 is 5.97 Å². The summed E-state index contributed by atoms with van der Waals surface area (Å²) in [4.78, 5) is 35.2. The number of pyridine rings is 1. The van der Waals surface area contributed by atoms with Crippen molar-refractivity contribution >= 4 is 17.6 Å². The van der Waals surface area contributed by atoms with Gasteiger partial charge in [0.15, 0.2) is 11.5 Å². The smallest absolute Gasteiger partial charge is 0.303 e. The molecule has 2 aliphatic heterocycles. The zero-order valence-electron chi connectivity index (χ0n) is 19.0. The number of hydrogen-bond acceptors (Lipinski definition) is 6. The van der Waals surface area contributed by atoms with E-state index in [2.05, 4.69) is 4.98 Å². The molecule has 174 valence electrons. The van der Waals surface area contributed by atoms with Crippen LogP contribution in [0.15, 0.2) is 41.7 Å². The molecule has 8 nitrogen and oxygen atoms in total. The Hall–Kier alpha value is -3.42. The Bertz CT molecular complexity index is 1050. The molecule has 8 heteroatoms. The summed E-state index contributed by atoms with van der Waals surface area (Å²) >= 11 is 0. The number of rotatable bonds is 7. The Morgan fingerprint density at radius 2 is 1.97 bits per heavy atom. The maximum atomic E-state index is 13.0. The average Bonchev–Trinajstić information content (AvgIpc) is 2.84. The number of likely N-dealkylation sites (tertiary alicyclic amines) is 1. The molecule has 0 bridgehead atoms. The first-order valence-electron chi connectivity index (χ1n) is 11.2. The number of nitrogens with zero attached hydrogens (tertiary/aromatic N) is 3. The fourth-order valence-electron chi connectivity index (χ4n) is 4.88. The van der Waals surface area contributed by atoms with Crippen molar-refractivity contribution in [1.82, 2.24) is 9.88 Å². The lowest BCUT2D eigenvalue weighted by molar-refractivity contribution is -0.138. The van der Waals surface area contributed by atoms with Crippen LogP contribution in [0.4, 0.5) is 0 Å². The van der Waals surface area contributed by atoms with E-state index in [0.29, 0.717) is 49.5 Å². The number of benzene rings is 1. The van der Waals surface area contributed by atoms with Crippen molar-refractivity contribution in [2.45, 2.75) is 25.7 Å². The van der Waals surface area contributed by atoms with E-state index in [4.69, 9.17) is 14.5 Å². The van der Waals surface area contributed by atoms with E-state index in [1.165, 1.54) is 0 Å². The van der Waals surface area contributed by atoms with Crippen molar-refractivity contribution < 1.29 is 24.2 Å². The molecule has 1 amide bonds. The summed E-state index contributed by atoms with van der Waals surface area (Å²) in [6.45, 7) is 1.70. The third kappa shape index (κ3) is 4.99. The Morgan fingerprint density at radius 3 is 2.67 bits per heavy atom. The number of carboxylic acids is 1. The summed E-state index contributed by atoms with van der Waals surface area (Å²) < 4.78 is 10.9. The molecule has 0 aliphatic carbocycles. The first kappa shape index (κ1) is 22.8. The van der Waals surface area contributed by atoms with Crippen LogP contribution in [0.2, 0.25) is 0 Å². The molecule has 2 aromatic rings. The van der Waals surface area contributed by atoms with Crippen LogP contribution in [-0.2, 0) is 11.2 Å². The standard InChI is InChI=1S/C25H29N3O5/c1-32-22-11-17-5-8-27-21(20(17)13-23(22)33-2)10-19-15-28(9-6-16(19)12-24(29)30)25(31)18-4-3-7-26-14-18/h3-4,7,11,13-14,16,19H,5-6,8-10,12,15H2,1-2H3,(H,29,30)/t16-,19-/m0/s1. The maximum Gasteiger partial charge on any atom is 0.303 e. The summed E-state index contributed by atoms with van der Waals surface area (Å²) in [6, 6.07) is 7.46. The lowest BCUT2D eigenvalue weighted by atomic mass is 9.78. The van der Waals surface area contributed by atoms with Gasteiger partial charge in [-0.15, -0.1) is 0 Å². The number of methoxy groups -OCH3 is 2. The number of ether oxygens (including phenoxy) is 2. The van der Waals surface area contributed by atoms with Gasteiger partial charge in [0.25, 0.3) is 5.91 Å². The van der Waals surface area contributed by atoms with E-state index in [0.717, 1.165) is 23.3 Å². The van der Waals surface area contributed by atoms with Crippen molar-refractivity contribution in [2.75, 3.05) is 33.9 Å². The number of aliphatic carboxylic acids is 1. The first-order valence-corrected chi connectivity index (χ1v) is 11.2. The number of amides is 1. The number of carboxylic acid groups (broad SMARTS) is 1. The minimum Gasteiger partial charge on any atom is -0.493 e. The molecule has 2 aliphatic rings. The van der Waals surface area contributed by atoms with E-state index in [1.54, 1.807) is 38.7 Å². The van der Waals surface area contributed by atoms with Crippen LogP contribution in [0.5, 0.6) is 11.5 Å². The SMILES string of the molecule is COc1cc2c(cc1OC)C(C[C@H]1CN(C(=O)c3cccnc3)CC[C@H]1CC(=O)O)=NCC2. The van der Waals surface area contributed by atoms with Crippen molar-refractivity contribution in [3.05, 3.63) is 53.3 Å². The minimum atomic E-state index is -0.811. The minimum absolute atomic E-state index is 0.00623. The molecule has 33 heavy (non-hydrogen) atoms. The molecule has 1 aromatic carbocycles. The van der Waals surface area contributed by atoms with Gasteiger partial charge in [-0.05, 0) is 60.9 Å². The van der Waals surface area contributed by atoms with Gasteiger partial charge in [0.1, 0.15) is 0 Å². The van der Waals surface area contributed by atoms with Crippen LogP contribution in [0, 0.1) is 11.8 Å². The quantitative estimate of drug-likeness (QED) is 0.694. The topological polar surface area (TPSA) is 101 Å². The zero-order valence-corrected chi connectivity index (χ0v) is 19.0. The van der Waals surface area contributed by atoms with Crippen molar-refractivity contribution in [3.8, 4) is 11.5 Å². The normalized spacial score (nSPS) is 19.9. The Labute approximate surface area is 193 Å². The highest BCUT2D eigenvalue weighted by Crippen LogP contribution is 2.36. The van der Waals surface area contributed by atoms with Crippen LogP contribution in [0.1, 0.15) is 40.7 Å². The lowest BCUT2D eigenvalue weighted by Crippen LogP contribution is -2.45. The fraction of sp³-hybridized carbons (Fsp3) is 0.440. The monoisotopic (exact) mass is 451 g/mol. The molecule has 1 fully saturated rings. The molecule has 0 saturated carbocycles. The van der Waals surface area contributed by atoms with E-state index in [9.17, 15) is 14.7 Å². The molecule has 2 atom stereocenters. The summed E-state index contributed by atoms with van der Waals surface area (Å²) in [7, 11) is 3.23. The number of piperidine rings is 1. The molecule has 1 aromatic heterocycles. The second-order valence-electron chi connectivity index (χ2n) is 8.55. The van der Waals surface area contributed by atoms with E-state index in [1.807, 2.05) is 17.0 Å². The second kappa shape index (κ2) is 10.0. The molecule has 0 spiro atoms. The predicted octanol–water partition coefficient (Wildman–Crippen LogP) is 3.09. The number of carbonyl (C=O) groups excluding carboxylic acids is 1. The number of aromatic nitrogens is 1. The maximum absolute atomic E-state index is 13.0. The third-order valence-electron chi connectivity index (χ3n) is 6.58. The van der Waals surface area contributed by atoms with Crippen LogP contribution < -0.4 is 9.47 Å². The fourth-order valence-corrected chi connectivity index (χ4v) is 4.88. The van der Waals surface area contributed by atoms with Crippen LogP contribution in [0.25, 0.3) is 0 Å². The number of fused-ring (bicyclic) bond motifs is 1. The van der Waals surface area contributed by atoms with Crippen LogP contribution in [0.3, 0.4) is 0 Å². The first-order chi connectivity index (χ1) is 16.0. The van der Waals surface area contributed by atoms with Gasteiger partial charge >= 0.3 is 5.97 Å². The molecule has 1 saturated heterocycles. The highest BCUT2D eigenvalue weighted by atomic mass is 16.5. The van der Waals surface area contributed by atoms with Crippen LogP contribution in [-0.4, -0.2) is 66.4 Å². The highest BCUT2D eigenvalue weighted by Gasteiger charge is 2.35. The summed E-state index contributed by atoms with van der Waals surface area (Å²) in [6.07, 6.45) is 5.37. The molecule has 0 unspecified atom stereocenters. The van der Waals surface area contributed by atoms with Crippen molar-refractivity contribution in [2.24, 2.45) is 16.8 Å². The van der Waals surface area contributed by atoms with Crippen molar-refractivity contribution in [1.29, 1.82) is 0 Å². The number of hydrogen-bond donors (Lipinski definition) is 1. The molecular weight excluding hydrogens is 422 g/mol. The molecule has 3 heterocycles. The third-order valence-corrected chi connectivity index (χ3v) is 6.58. The summed E-state index contributed by atoms with van der Waals surface area (Å²) in [5.41, 5.74) is 3.65. The predicted molar refractivity (Wildman–Crippen MR) is 123 cm³/mol. The zero-order chi connectivity index (χ0) is 23.4.